The first-order valence-corrected chi connectivity index (χ1v) is 8.07. The second-order valence-corrected chi connectivity index (χ2v) is 6.12. The first kappa shape index (κ1) is 14.0. The summed E-state index contributed by atoms with van der Waals surface area (Å²) in [6, 6.07) is 0.823. The Bertz CT molecular complexity index is 443. The Hall–Kier alpha value is -0.940. The van der Waals surface area contributed by atoms with Crippen LogP contribution in [-0.2, 0) is 17.7 Å². The topological polar surface area (TPSA) is 52.0 Å². The summed E-state index contributed by atoms with van der Waals surface area (Å²) in [5.74, 6) is 2.26. The van der Waals surface area contributed by atoms with Crippen molar-refractivity contribution < 1.29 is 4.74 Å². The molecule has 1 N–H and O–H groups in total. The third-order valence-corrected chi connectivity index (χ3v) is 4.49. The van der Waals surface area contributed by atoms with Gasteiger partial charge in [-0.2, -0.15) is 0 Å². The highest BCUT2D eigenvalue weighted by atomic mass is 16.5. The van der Waals surface area contributed by atoms with Crippen LogP contribution in [-0.4, -0.2) is 33.5 Å². The number of aromatic nitrogens is 3. The van der Waals surface area contributed by atoms with Crippen LogP contribution in [0.2, 0.25) is 0 Å². The average Bonchev–Trinajstić information content (AvgIpc) is 3.01. The van der Waals surface area contributed by atoms with Gasteiger partial charge in [0.15, 0.2) is 0 Å². The van der Waals surface area contributed by atoms with Crippen LogP contribution in [0.5, 0.6) is 0 Å². The van der Waals surface area contributed by atoms with Crippen molar-refractivity contribution in [3.63, 3.8) is 0 Å². The van der Waals surface area contributed by atoms with Crippen LogP contribution in [0.1, 0.15) is 63.6 Å². The molecule has 20 heavy (non-hydrogen) atoms. The summed E-state index contributed by atoms with van der Waals surface area (Å²) in [6.07, 6.45) is 7.32. The molecular formula is C15H26N4O. The van der Waals surface area contributed by atoms with Crippen molar-refractivity contribution in [2.45, 2.75) is 77.1 Å². The highest BCUT2D eigenvalue weighted by Gasteiger charge is 2.26. The maximum Gasteiger partial charge on any atom is 0.149 e. The summed E-state index contributed by atoms with van der Waals surface area (Å²) in [4.78, 5) is 0. The summed E-state index contributed by atoms with van der Waals surface area (Å²) < 4.78 is 8.11. The van der Waals surface area contributed by atoms with E-state index in [1.165, 1.54) is 19.3 Å². The SMILES string of the molecule is CCCC1CC(NC(C)c2nnc3n2CCC3)CCO1. The molecule has 1 aromatic rings. The molecule has 2 aliphatic heterocycles. The lowest BCUT2D eigenvalue weighted by atomic mass is 9.99. The molecule has 3 heterocycles. The number of hydrogen-bond acceptors (Lipinski definition) is 4. The lowest BCUT2D eigenvalue weighted by molar-refractivity contribution is -0.00494. The molecule has 5 nitrogen and oxygen atoms in total. The van der Waals surface area contributed by atoms with Gasteiger partial charge in [0, 0.05) is 25.6 Å². The molecule has 0 spiro atoms. The predicted molar refractivity (Wildman–Crippen MR) is 77.6 cm³/mol. The van der Waals surface area contributed by atoms with E-state index >= 15 is 0 Å². The molecule has 3 rings (SSSR count). The molecule has 5 heteroatoms. The molecule has 1 aromatic heterocycles. The minimum Gasteiger partial charge on any atom is -0.378 e. The summed E-state index contributed by atoms with van der Waals surface area (Å²) in [5.41, 5.74) is 0. The molecule has 112 valence electrons. The fourth-order valence-electron chi connectivity index (χ4n) is 3.48. The number of nitrogens with one attached hydrogen (secondary N) is 1. The van der Waals surface area contributed by atoms with Gasteiger partial charge in [0.05, 0.1) is 12.1 Å². The second kappa shape index (κ2) is 6.22. The van der Waals surface area contributed by atoms with Gasteiger partial charge in [0.25, 0.3) is 0 Å². The van der Waals surface area contributed by atoms with Crippen LogP contribution in [0.4, 0.5) is 0 Å². The van der Waals surface area contributed by atoms with E-state index in [0.29, 0.717) is 12.1 Å². The van der Waals surface area contributed by atoms with Gasteiger partial charge >= 0.3 is 0 Å². The first-order chi connectivity index (χ1) is 9.78. The molecule has 1 fully saturated rings. The number of hydrogen-bond donors (Lipinski definition) is 1. The molecule has 3 atom stereocenters. The number of aryl methyl sites for hydroxylation is 1. The van der Waals surface area contributed by atoms with E-state index in [-0.39, 0.29) is 6.04 Å². The number of nitrogens with zero attached hydrogens (tertiary/aromatic N) is 3. The quantitative estimate of drug-likeness (QED) is 0.897. The number of rotatable bonds is 5. The zero-order valence-electron chi connectivity index (χ0n) is 12.6. The monoisotopic (exact) mass is 278 g/mol. The van der Waals surface area contributed by atoms with Crippen molar-refractivity contribution >= 4 is 0 Å². The Morgan fingerprint density at radius 2 is 2.35 bits per heavy atom. The van der Waals surface area contributed by atoms with Gasteiger partial charge < -0.3 is 14.6 Å². The van der Waals surface area contributed by atoms with Gasteiger partial charge in [-0.25, -0.2) is 0 Å². The van der Waals surface area contributed by atoms with Gasteiger partial charge in [0.2, 0.25) is 0 Å². The molecule has 0 radical (unpaired) electrons. The lowest BCUT2D eigenvalue weighted by Gasteiger charge is -2.32. The fraction of sp³-hybridized carbons (Fsp3) is 0.867. The smallest absolute Gasteiger partial charge is 0.149 e. The van der Waals surface area contributed by atoms with E-state index in [4.69, 9.17) is 4.74 Å². The lowest BCUT2D eigenvalue weighted by Crippen LogP contribution is -2.40. The Morgan fingerprint density at radius 3 is 3.20 bits per heavy atom. The standard InChI is InChI=1S/C15H26N4O/c1-3-5-13-10-12(7-9-20-13)16-11(2)15-18-17-14-6-4-8-19(14)15/h11-13,16H,3-10H2,1-2H3. The van der Waals surface area contributed by atoms with Crippen molar-refractivity contribution in [1.29, 1.82) is 0 Å². The van der Waals surface area contributed by atoms with E-state index in [1.54, 1.807) is 0 Å². The van der Waals surface area contributed by atoms with Gasteiger partial charge in [-0.05, 0) is 32.6 Å². The minimum atomic E-state index is 0.278. The fourth-order valence-corrected chi connectivity index (χ4v) is 3.48. The normalized spacial score (nSPS) is 27.5. The number of ether oxygens (including phenoxy) is 1. The molecule has 0 bridgehead atoms. The Labute approximate surface area is 121 Å². The Kier molecular flexibility index (Phi) is 4.36. The summed E-state index contributed by atoms with van der Waals surface area (Å²) >= 11 is 0. The van der Waals surface area contributed by atoms with Crippen LogP contribution in [0.15, 0.2) is 0 Å². The largest absolute Gasteiger partial charge is 0.378 e. The van der Waals surface area contributed by atoms with E-state index in [9.17, 15) is 0 Å². The van der Waals surface area contributed by atoms with Crippen LogP contribution >= 0.6 is 0 Å². The van der Waals surface area contributed by atoms with Gasteiger partial charge in [-0.15, -0.1) is 10.2 Å². The third-order valence-electron chi connectivity index (χ3n) is 4.49. The molecule has 0 aromatic carbocycles. The summed E-state index contributed by atoms with van der Waals surface area (Å²) in [7, 11) is 0. The van der Waals surface area contributed by atoms with Crippen molar-refractivity contribution in [3.05, 3.63) is 11.6 Å². The Morgan fingerprint density at radius 1 is 1.45 bits per heavy atom. The van der Waals surface area contributed by atoms with Gasteiger partial charge in [0.1, 0.15) is 11.6 Å². The zero-order chi connectivity index (χ0) is 13.9. The molecule has 2 aliphatic rings. The molecule has 0 aliphatic carbocycles. The van der Waals surface area contributed by atoms with E-state index in [0.717, 1.165) is 44.1 Å². The molecule has 0 amide bonds. The maximum absolute atomic E-state index is 5.82. The van der Waals surface area contributed by atoms with Crippen LogP contribution in [0, 0.1) is 0 Å². The van der Waals surface area contributed by atoms with E-state index in [2.05, 4.69) is 33.9 Å². The molecule has 0 saturated carbocycles. The molecule has 1 saturated heterocycles. The van der Waals surface area contributed by atoms with E-state index < -0.39 is 0 Å². The minimum absolute atomic E-state index is 0.278. The highest BCUT2D eigenvalue weighted by molar-refractivity contribution is 5.04. The third kappa shape index (κ3) is 2.88. The van der Waals surface area contributed by atoms with E-state index in [1.807, 2.05) is 0 Å². The van der Waals surface area contributed by atoms with Crippen molar-refractivity contribution in [2.24, 2.45) is 0 Å². The predicted octanol–water partition coefficient (Wildman–Crippen LogP) is 2.22. The van der Waals surface area contributed by atoms with Gasteiger partial charge in [-0.3, -0.25) is 0 Å². The zero-order valence-corrected chi connectivity index (χ0v) is 12.6. The van der Waals surface area contributed by atoms with Crippen LogP contribution < -0.4 is 5.32 Å². The van der Waals surface area contributed by atoms with Gasteiger partial charge in [-0.1, -0.05) is 13.3 Å². The maximum atomic E-state index is 5.82. The molecular weight excluding hydrogens is 252 g/mol. The number of fused-ring (bicyclic) bond motifs is 1. The summed E-state index contributed by atoms with van der Waals surface area (Å²) in [5, 5.41) is 12.4. The van der Waals surface area contributed by atoms with Crippen molar-refractivity contribution in [1.82, 2.24) is 20.1 Å². The molecule has 3 unspecified atom stereocenters. The van der Waals surface area contributed by atoms with Crippen molar-refractivity contribution in [3.8, 4) is 0 Å². The highest BCUT2D eigenvalue weighted by Crippen LogP contribution is 2.23. The second-order valence-electron chi connectivity index (χ2n) is 6.12. The summed E-state index contributed by atoms with van der Waals surface area (Å²) in [6.45, 7) is 6.39. The Balaban J connectivity index is 1.59. The average molecular weight is 278 g/mol. The van der Waals surface area contributed by atoms with Crippen LogP contribution in [0.25, 0.3) is 0 Å². The van der Waals surface area contributed by atoms with Crippen LogP contribution in [0.3, 0.4) is 0 Å². The van der Waals surface area contributed by atoms with Crippen molar-refractivity contribution in [2.75, 3.05) is 6.61 Å². The first-order valence-electron chi connectivity index (χ1n) is 8.07.